The highest BCUT2D eigenvalue weighted by Gasteiger charge is 2.08. The molecule has 0 fully saturated rings. The molecule has 22 heavy (non-hydrogen) atoms. The third-order valence-corrected chi connectivity index (χ3v) is 3.71. The molecule has 1 amide bonds. The van der Waals surface area contributed by atoms with Crippen LogP contribution in [-0.2, 0) is 11.4 Å². The first-order valence-corrected chi connectivity index (χ1v) is 7.33. The Balaban J connectivity index is 2.20. The third kappa shape index (κ3) is 3.97. The zero-order valence-electron chi connectivity index (χ0n) is 12.6. The number of benzene rings is 2. The van der Waals surface area contributed by atoms with Crippen LogP contribution in [0.4, 0.5) is 5.69 Å². The number of hydrogen-bond donors (Lipinski definition) is 2. The molecule has 0 unspecified atom stereocenters. The van der Waals surface area contributed by atoms with Crippen LogP contribution >= 0.6 is 11.6 Å². The van der Waals surface area contributed by atoms with Gasteiger partial charge in [-0.25, -0.2) is 0 Å². The lowest BCUT2D eigenvalue weighted by molar-refractivity contribution is -0.112. The summed E-state index contributed by atoms with van der Waals surface area (Å²) in [5, 5.41) is 12.7. The number of nitrogens with one attached hydrogen (secondary N) is 1. The third-order valence-electron chi connectivity index (χ3n) is 3.37. The van der Waals surface area contributed by atoms with Crippen LogP contribution in [0.2, 0.25) is 5.02 Å². The zero-order valence-corrected chi connectivity index (χ0v) is 13.3. The lowest BCUT2D eigenvalue weighted by Crippen LogP contribution is -2.13. The molecule has 0 saturated heterocycles. The Labute approximate surface area is 135 Å². The van der Waals surface area contributed by atoms with E-state index in [1.807, 2.05) is 37.3 Å². The molecule has 0 aliphatic rings. The first-order chi connectivity index (χ1) is 10.5. The fourth-order valence-electron chi connectivity index (χ4n) is 2.01. The second-order valence-corrected chi connectivity index (χ2v) is 5.52. The second kappa shape index (κ2) is 7.25. The molecule has 0 aliphatic heterocycles. The van der Waals surface area contributed by atoms with Crippen molar-refractivity contribution >= 4 is 29.3 Å². The van der Waals surface area contributed by atoms with Crippen LogP contribution in [0.3, 0.4) is 0 Å². The Morgan fingerprint density at radius 3 is 2.68 bits per heavy atom. The standard InChI is InChI=1S/C18H18ClNO2/c1-12-7-8-14(11-21)10-17(12)20-18(22)13(2)9-15-5-3-4-6-16(15)19/h3-10,21H,11H2,1-2H3,(H,20,22)/b13-9-. The lowest BCUT2D eigenvalue weighted by Gasteiger charge is -2.10. The van der Waals surface area contributed by atoms with Crippen molar-refractivity contribution in [3.63, 3.8) is 0 Å². The highest BCUT2D eigenvalue weighted by molar-refractivity contribution is 6.32. The van der Waals surface area contributed by atoms with Crippen LogP contribution < -0.4 is 5.32 Å². The van der Waals surface area contributed by atoms with Crippen LogP contribution in [0, 0.1) is 6.92 Å². The molecule has 0 aromatic heterocycles. The van der Waals surface area contributed by atoms with Crippen molar-refractivity contribution in [2.75, 3.05) is 5.32 Å². The molecule has 0 bridgehead atoms. The van der Waals surface area contributed by atoms with Gasteiger partial charge in [-0.05, 0) is 48.7 Å². The van der Waals surface area contributed by atoms with Crippen LogP contribution in [0.1, 0.15) is 23.6 Å². The minimum atomic E-state index is -0.196. The van der Waals surface area contributed by atoms with Crippen molar-refractivity contribution in [3.8, 4) is 0 Å². The second-order valence-electron chi connectivity index (χ2n) is 5.11. The number of hydrogen-bond acceptors (Lipinski definition) is 2. The number of aryl methyl sites for hydroxylation is 1. The molecule has 2 aromatic carbocycles. The van der Waals surface area contributed by atoms with Gasteiger partial charge in [0, 0.05) is 16.3 Å². The number of anilines is 1. The molecule has 114 valence electrons. The summed E-state index contributed by atoms with van der Waals surface area (Å²) in [5.41, 5.74) is 3.76. The van der Waals surface area contributed by atoms with E-state index in [9.17, 15) is 9.90 Å². The average molecular weight is 316 g/mol. The number of aliphatic hydroxyl groups excluding tert-OH is 1. The molecule has 2 aromatic rings. The number of carbonyl (C=O) groups is 1. The van der Waals surface area contributed by atoms with E-state index < -0.39 is 0 Å². The van der Waals surface area contributed by atoms with E-state index in [-0.39, 0.29) is 12.5 Å². The van der Waals surface area contributed by atoms with Crippen molar-refractivity contribution in [2.24, 2.45) is 0 Å². The first-order valence-electron chi connectivity index (χ1n) is 6.96. The smallest absolute Gasteiger partial charge is 0.251 e. The van der Waals surface area contributed by atoms with Gasteiger partial charge in [0.1, 0.15) is 0 Å². The van der Waals surface area contributed by atoms with E-state index in [1.54, 1.807) is 25.1 Å². The highest BCUT2D eigenvalue weighted by Crippen LogP contribution is 2.20. The van der Waals surface area contributed by atoms with Gasteiger partial charge in [0.2, 0.25) is 0 Å². The van der Waals surface area contributed by atoms with Gasteiger partial charge >= 0.3 is 0 Å². The Kier molecular flexibility index (Phi) is 5.36. The Hall–Kier alpha value is -2.10. The molecule has 2 N–H and O–H groups in total. The highest BCUT2D eigenvalue weighted by atomic mass is 35.5. The number of halogens is 1. The number of rotatable bonds is 4. The van der Waals surface area contributed by atoms with E-state index in [0.29, 0.717) is 16.3 Å². The fraction of sp³-hybridized carbons (Fsp3) is 0.167. The van der Waals surface area contributed by atoms with Crippen LogP contribution in [0.15, 0.2) is 48.0 Å². The quantitative estimate of drug-likeness (QED) is 0.831. The molecule has 0 heterocycles. The van der Waals surface area contributed by atoms with Crippen molar-refractivity contribution in [2.45, 2.75) is 20.5 Å². The summed E-state index contributed by atoms with van der Waals surface area (Å²) in [5.74, 6) is -0.196. The van der Waals surface area contributed by atoms with E-state index in [4.69, 9.17) is 11.6 Å². The Bertz CT molecular complexity index is 723. The van der Waals surface area contributed by atoms with Gasteiger partial charge in [-0.2, -0.15) is 0 Å². The molecule has 0 aliphatic carbocycles. The van der Waals surface area contributed by atoms with Gasteiger partial charge in [-0.1, -0.05) is 41.9 Å². The van der Waals surface area contributed by atoms with E-state index in [1.165, 1.54) is 0 Å². The fourth-order valence-corrected chi connectivity index (χ4v) is 2.20. The Morgan fingerprint density at radius 2 is 2.00 bits per heavy atom. The number of carbonyl (C=O) groups excluding carboxylic acids is 1. The maximum absolute atomic E-state index is 12.3. The average Bonchev–Trinajstić information content (AvgIpc) is 2.51. The first kappa shape index (κ1) is 16.3. The maximum Gasteiger partial charge on any atom is 0.251 e. The Morgan fingerprint density at radius 1 is 1.27 bits per heavy atom. The zero-order chi connectivity index (χ0) is 16.1. The predicted molar refractivity (Wildman–Crippen MR) is 90.8 cm³/mol. The monoisotopic (exact) mass is 315 g/mol. The largest absolute Gasteiger partial charge is 0.392 e. The van der Waals surface area contributed by atoms with Crippen molar-refractivity contribution in [1.29, 1.82) is 0 Å². The molecule has 0 radical (unpaired) electrons. The van der Waals surface area contributed by atoms with E-state index >= 15 is 0 Å². The van der Waals surface area contributed by atoms with Crippen LogP contribution in [0.5, 0.6) is 0 Å². The minimum absolute atomic E-state index is 0.0579. The van der Waals surface area contributed by atoms with Crippen LogP contribution in [0.25, 0.3) is 6.08 Å². The van der Waals surface area contributed by atoms with Gasteiger partial charge in [-0.15, -0.1) is 0 Å². The molecule has 0 saturated carbocycles. The normalized spacial score (nSPS) is 11.4. The van der Waals surface area contributed by atoms with Crippen molar-refractivity contribution in [3.05, 3.63) is 69.8 Å². The van der Waals surface area contributed by atoms with Gasteiger partial charge in [0.15, 0.2) is 0 Å². The molecular formula is C18H18ClNO2. The van der Waals surface area contributed by atoms with Gasteiger partial charge < -0.3 is 10.4 Å². The molecule has 4 heteroatoms. The van der Waals surface area contributed by atoms with Gasteiger partial charge in [0.05, 0.1) is 6.61 Å². The summed E-state index contributed by atoms with van der Waals surface area (Å²) >= 11 is 6.09. The summed E-state index contributed by atoms with van der Waals surface area (Å²) in [4.78, 5) is 12.3. The molecule has 2 rings (SSSR count). The molecule has 0 atom stereocenters. The van der Waals surface area contributed by atoms with Crippen LogP contribution in [-0.4, -0.2) is 11.0 Å². The summed E-state index contributed by atoms with van der Waals surface area (Å²) in [7, 11) is 0. The molecule has 0 spiro atoms. The lowest BCUT2D eigenvalue weighted by atomic mass is 10.1. The predicted octanol–water partition coefficient (Wildman–Crippen LogP) is 4.18. The summed E-state index contributed by atoms with van der Waals surface area (Å²) < 4.78 is 0. The summed E-state index contributed by atoms with van der Waals surface area (Å²) in [6.45, 7) is 3.59. The number of amides is 1. The summed E-state index contributed by atoms with van der Waals surface area (Å²) in [6.07, 6.45) is 1.75. The van der Waals surface area contributed by atoms with E-state index in [2.05, 4.69) is 5.32 Å². The summed E-state index contributed by atoms with van der Waals surface area (Å²) in [6, 6.07) is 12.8. The van der Waals surface area contributed by atoms with Gasteiger partial charge in [-0.3, -0.25) is 4.79 Å². The number of aliphatic hydroxyl groups is 1. The van der Waals surface area contributed by atoms with Crippen molar-refractivity contribution in [1.82, 2.24) is 0 Å². The topological polar surface area (TPSA) is 49.3 Å². The molecular weight excluding hydrogens is 298 g/mol. The van der Waals surface area contributed by atoms with Gasteiger partial charge in [0.25, 0.3) is 5.91 Å². The SMILES string of the molecule is C/C(=C/c1ccccc1Cl)C(=O)Nc1cc(CO)ccc1C. The minimum Gasteiger partial charge on any atom is -0.392 e. The molecule has 3 nitrogen and oxygen atoms in total. The van der Waals surface area contributed by atoms with Crippen molar-refractivity contribution < 1.29 is 9.90 Å². The van der Waals surface area contributed by atoms with E-state index in [0.717, 1.165) is 16.7 Å². The maximum atomic E-state index is 12.3.